The molecule has 0 spiro atoms. The summed E-state index contributed by atoms with van der Waals surface area (Å²) < 4.78 is 39.6. The minimum atomic E-state index is -3.01. The first-order valence-electron chi connectivity index (χ1n) is 6.12. The molecule has 0 saturated carbocycles. The van der Waals surface area contributed by atoms with Crippen molar-refractivity contribution < 1.29 is 13.2 Å². The molecular weight excluding hydrogens is 241 g/mol. The van der Waals surface area contributed by atoms with Crippen molar-refractivity contribution in [1.29, 1.82) is 0 Å². The molecule has 2 N–H and O–H groups in total. The van der Waals surface area contributed by atoms with Crippen molar-refractivity contribution in [1.82, 2.24) is 5.32 Å². The van der Waals surface area contributed by atoms with Gasteiger partial charge < -0.3 is 10.6 Å². The summed E-state index contributed by atoms with van der Waals surface area (Å²) in [6.07, 6.45) is 2.18. The molecule has 1 unspecified atom stereocenters. The molecule has 1 saturated heterocycles. The Labute approximate surface area is 105 Å². The molecule has 1 fully saturated rings. The topological polar surface area (TPSA) is 24.1 Å². The van der Waals surface area contributed by atoms with E-state index in [1.54, 1.807) is 0 Å². The van der Waals surface area contributed by atoms with Crippen LogP contribution in [0.15, 0.2) is 18.2 Å². The van der Waals surface area contributed by atoms with Gasteiger partial charge in [-0.2, -0.15) is 0 Å². The van der Waals surface area contributed by atoms with E-state index in [2.05, 4.69) is 10.6 Å². The third-order valence-corrected chi connectivity index (χ3v) is 3.18. The van der Waals surface area contributed by atoms with Crippen LogP contribution in [0.1, 0.15) is 25.3 Å². The van der Waals surface area contributed by atoms with E-state index in [1.165, 1.54) is 12.1 Å². The number of halogens is 3. The molecule has 100 valence electrons. The van der Waals surface area contributed by atoms with Gasteiger partial charge in [-0.05, 0) is 31.5 Å². The maximum atomic E-state index is 13.6. The molecular formula is C13H17F3N2. The van der Waals surface area contributed by atoms with E-state index in [9.17, 15) is 13.2 Å². The standard InChI is InChI=1S/C13H17F3N2/c1-13(15,16)9-4-5-12(11(14)7-9)18-8-10-3-2-6-17-10/h4-5,7,10,17-18H,2-3,6,8H2,1H3. The van der Waals surface area contributed by atoms with Crippen molar-refractivity contribution in [2.24, 2.45) is 0 Å². The van der Waals surface area contributed by atoms with Gasteiger partial charge in [-0.3, -0.25) is 0 Å². The minimum Gasteiger partial charge on any atom is -0.381 e. The quantitative estimate of drug-likeness (QED) is 0.867. The zero-order chi connectivity index (χ0) is 13.2. The van der Waals surface area contributed by atoms with Gasteiger partial charge in [0.2, 0.25) is 0 Å². The molecule has 1 aromatic carbocycles. The lowest BCUT2D eigenvalue weighted by molar-refractivity contribution is 0.0172. The minimum absolute atomic E-state index is 0.275. The van der Waals surface area contributed by atoms with Crippen molar-refractivity contribution in [3.05, 3.63) is 29.6 Å². The second-order valence-electron chi connectivity index (χ2n) is 4.76. The molecule has 1 aliphatic heterocycles. The second kappa shape index (κ2) is 5.18. The van der Waals surface area contributed by atoms with Gasteiger partial charge in [0.15, 0.2) is 0 Å². The van der Waals surface area contributed by atoms with Crippen LogP contribution in [-0.2, 0) is 5.92 Å². The fourth-order valence-corrected chi connectivity index (χ4v) is 2.10. The van der Waals surface area contributed by atoms with E-state index in [0.717, 1.165) is 32.4 Å². The molecule has 0 aliphatic carbocycles. The van der Waals surface area contributed by atoms with E-state index in [0.29, 0.717) is 12.6 Å². The molecule has 18 heavy (non-hydrogen) atoms. The maximum absolute atomic E-state index is 13.6. The molecule has 5 heteroatoms. The maximum Gasteiger partial charge on any atom is 0.270 e. The van der Waals surface area contributed by atoms with Gasteiger partial charge in [-0.1, -0.05) is 6.07 Å². The molecule has 1 atom stereocenters. The normalized spacial score (nSPS) is 20.1. The Morgan fingerprint density at radius 2 is 2.22 bits per heavy atom. The number of hydrogen-bond acceptors (Lipinski definition) is 2. The van der Waals surface area contributed by atoms with Crippen LogP contribution in [0.3, 0.4) is 0 Å². The Kier molecular flexibility index (Phi) is 3.80. The number of nitrogens with one attached hydrogen (secondary N) is 2. The van der Waals surface area contributed by atoms with Crippen LogP contribution in [-0.4, -0.2) is 19.1 Å². The molecule has 1 heterocycles. The predicted molar refractivity (Wildman–Crippen MR) is 65.5 cm³/mol. The van der Waals surface area contributed by atoms with Gasteiger partial charge in [0.05, 0.1) is 5.69 Å². The first-order chi connectivity index (χ1) is 8.47. The number of rotatable bonds is 4. The summed E-state index contributed by atoms with van der Waals surface area (Å²) >= 11 is 0. The lowest BCUT2D eigenvalue weighted by Gasteiger charge is -2.15. The third kappa shape index (κ3) is 3.16. The van der Waals surface area contributed by atoms with E-state index in [-0.39, 0.29) is 11.3 Å². The molecule has 1 aliphatic rings. The smallest absolute Gasteiger partial charge is 0.270 e. The summed E-state index contributed by atoms with van der Waals surface area (Å²) in [6, 6.07) is 3.85. The lowest BCUT2D eigenvalue weighted by Crippen LogP contribution is -2.29. The fourth-order valence-electron chi connectivity index (χ4n) is 2.10. The summed E-state index contributed by atoms with van der Waals surface area (Å²) in [6.45, 7) is 2.35. The first-order valence-corrected chi connectivity index (χ1v) is 6.12. The zero-order valence-corrected chi connectivity index (χ0v) is 10.3. The third-order valence-electron chi connectivity index (χ3n) is 3.18. The number of anilines is 1. The molecule has 0 radical (unpaired) electrons. The van der Waals surface area contributed by atoms with Gasteiger partial charge in [0.1, 0.15) is 5.82 Å². The average molecular weight is 258 g/mol. The van der Waals surface area contributed by atoms with Crippen molar-refractivity contribution in [3.63, 3.8) is 0 Å². The van der Waals surface area contributed by atoms with Crippen molar-refractivity contribution in [2.45, 2.75) is 31.7 Å². The highest BCUT2D eigenvalue weighted by Crippen LogP contribution is 2.29. The summed E-state index contributed by atoms with van der Waals surface area (Å²) in [5.74, 6) is -3.64. The summed E-state index contributed by atoms with van der Waals surface area (Å²) in [4.78, 5) is 0. The highest BCUT2D eigenvalue weighted by atomic mass is 19.3. The lowest BCUT2D eigenvalue weighted by atomic mass is 10.1. The van der Waals surface area contributed by atoms with E-state index < -0.39 is 11.7 Å². The zero-order valence-electron chi connectivity index (χ0n) is 10.3. The summed E-state index contributed by atoms with van der Waals surface area (Å²) in [5, 5.41) is 6.23. The molecule has 0 bridgehead atoms. The van der Waals surface area contributed by atoms with Crippen LogP contribution in [0, 0.1) is 5.82 Å². The monoisotopic (exact) mass is 258 g/mol. The number of alkyl halides is 2. The molecule has 0 aromatic heterocycles. The fraction of sp³-hybridized carbons (Fsp3) is 0.538. The summed E-state index contributed by atoms with van der Waals surface area (Å²) in [7, 11) is 0. The van der Waals surface area contributed by atoms with E-state index >= 15 is 0 Å². The van der Waals surface area contributed by atoms with Gasteiger partial charge >= 0.3 is 0 Å². The Bertz CT molecular complexity index is 409. The summed E-state index contributed by atoms with van der Waals surface area (Å²) in [5.41, 5.74) is -0.0266. The highest BCUT2D eigenvalue weighted by Gasteiger charge is 2.25. The second-order valence-corrected chi connectivity index (χ2v) is 4.76. The van der Waals surface area contributed by atoms with Crippen LogP contribution < -0.4 is 10.6 Å². The first kappa shape index (κ1) is 13.2. The average Bonchev–Trinajstić information content (AvgIpc) is 2.79. The largest absolute Gasteiger partial charge is 0.381 e. The molecule has 0 amide bonds. The SMILES string of the molecule is CC(F)(F)c1ccc(NCC2CCCN2)c(F)c1. The van der Waals surface area contributed by atoms with Crippen LogP contribution in [0.25, 0.3) is 0 Å². The Morgan fingerprint density at radius 3 is 2.78 bits per heavy atom. The van der Waals surface area contributed by atoms with Crippen LogP contribution >= 0.6 is 0 Å². The number of benzene rings is 1. The molecule has 1 aromatic rings. The van der Waals surface area contributed by atoms with Crippen LogP contribution in [0.5, 0.6) is 0 Å². The van der Waals surface area contributed by atoms with Gasteiger partial charge in [-0.25, -0.2) is 13.2 Å². The Hall–Kier alpha value is -1.23. The predicted octanol–water partition coefficient (Wildman–Crippen LogP) is 3.10. The molecule has 2 nitrogen and oxygen atoms in total. The van der Waals surface area contributed by atoms with Crippen molar-refractivity contribution in [2.75, 3.05) is 18.4 Å². The Morgan fingerprint density at radius 1 is 1.44 bits per heavy atom. The van der Waals surface area contributed by atoms with E-state index in [4.69, 9.17) is 0 Å². The van der Waals surface area contributed by atoms with Crippen LogP contribution in [0.4, 0.5) is 18.9 Å². The van der Waals surface area contributed by atoms with Gasteiger partial charge in [0.25, 0.3) is 5.92 Å². The Balaban J connectivity index is 2.01. The molecule has 2 rings (SSSR count). The van der Waals surface area contributed by atoms with Gasteiger partial charge in [-0.15, -0.1) is 0 Å². The number of hydrogen-bond donors (Lipinski definition) is 2. The van der Waals surface area contributed by atoms with Crippen molar-refractivity contribution in [3.8, 4) is 0 Å². The highest BCUT2D eigenvalue weighted by molar-refractivity contribution is 5.47. The van der Waals surface area contributed by atoms with Gasteiger partial charge in [0, 0.05) is 25.1 Å². The van der Waals surface area contributed by atoms with E-state index in [1.807, 2.05) is 0 Å². The van der Waals surface area contributed by atoms with Crippen molar-refractivity contribution >= 4 is 5.69 Å². The van der Waals surface area contributed by atoms with Crippen LogP contribution in [0.2, 0.25) is 0 Å².